The van der Waals surface area contributed by atoms with Crippen molar-refractivity contribution in [3.63, 3.8) is 0 Å². The first-order valence-corrected chi connectivity index (χ1v) is 6.60. The highest BCUT2D eigenvalue weighted by Gasteiger charge is 2.28. The fourth-order valence-electron chi connectivity index (χ4n) is 2.56. The first-order valence-electron chi connectivity index (χ1n) is 6.60. The van der Waals surface area contributed by atoms with Crippen molar-refractivity contribution < 1.29 is 15.1 Å². The van der Waals surface area contributed by atoms with Crippen molar-refractivity contribution >= 4 is 11.5 Å². The van der Waals surface area contributed by atoms with E-state index in [4.69, 9.17) is 15.7 Å². The van der Waals surface area contributed by atoms with E-state index in [9.17, 15) is 5.11 Å². The number of rotatable bonds is 5. The molecule has 0 aliphatic heterocycles. The van der Waals surface area contributed by atoms with Crippen molar-refractivity contribution in [2.75, 3.05) is 25.6 Å². The molecule has 0 unspecified atom stereocenters. The number of ether oxygens (including phenoxy) is 1. The Kier molecular flexibility index (Phi) is 4.34. The van der Waals surface area contributed by atoms with Crippen LogP contribution in [0.5, 0.6) is 5.75 Å². The van der Waals surface area contributed by atoms with Crippen LogP contribution in [0.2, 0.25) is 0 Å². The molecule has 1 aromatic rings. The number of nitrogens with zero attached hydrogens (tertiary/aromatic N) is 2. The Bertz CT molecular complexity index is 498. The number of nitrogens with two attached hydrogens (primary N) is 1. The molecule has 20 heavy (non-hydrogen) atoms. The number of benzene rings is 1. The van der Waals surface area contributed by atoms with Crippen LogP contribution in [0.15, 0.2) is 23.4 Å². The van der Waals surface area contributed by atoms with Gasteiger partial charge >= 0.3 is 0 Å². The fraction of sp³-hybridized carbons (Fsp3) is 0.500. The molecular weight excluding hydrogens is 258 g/mol. The highest BCUT2D eigenvalue weighted by molar-refractivity contribution is 6.02. The van der Waals surface area contributed by atoms with E-state index in [0.29, 0.717) is 11.5 Å². The summed E-state index contributed by atoms with van der Waals surface area (Å²) in [5, 5.41) is 21.3. The van der Waals surface area contributed by atoms with Gasteiger partial charge in [-0.05, 0) is 30.9 Å². The minimum Gasteiger partial charge on any atom is -0.497 e. The maximum atomic E-state index is 9.35. The van der Waals surface area contributed by atoms with Gasteiger partial charge in [-0.3, -0.25) is 0 Å². The molecule has 4 N–H and O–H groups in total. The second-order valence-electron chi connectivity index (χ2n) is 5.24. The second kappa shape index (κ2) is 6.00. The van der Waals surface area contributed by atoms with Crippen LogP contribution in [-0.4, -0.2) is 43.0 Å². The van der Waals surface area contributed by atoms with Crippen LogP contribution in [0.25, 0.3) is 0 Å². The molecule has 2 rings (SSSR count). The summed E-state index contributed by atoms with van der Waals surface area (Å²) in [5.41, 5.74) is 7.23. The van der Waals surface area contributed by atoms with Crippen LogP contribution in [0.3, 0.4) is 0 Å². The Balaban J connectivity index is 2.22. The number of methoxy groups -OCH3 is 1. The molecule has 0 spiro atoms. The summed E-state index contributed by atoms with van der Waals surface area (Å²) in [4.78, 5) is 2.05. The van der Waals surface area contributed by atoms with Crippen molar-refractivity contribution in [3.8, 4) is 5.75 Å². The zero-order valence-electron chi connectivity index (χ0n) is 11.8. The summed E-state index contributed by atoms with van der Waals surface area (Å²) in [6.45, 7) is 0.815. The van der Waals surface area contributed by atoms with Gasteiger partial charge in [0.25, 0.3) is 0 Å². The van der Waals surface area contributed by atoms with E-state index in [-0.39, 0.29) is 11.9 Å². The van der Waals surface area contributed by atoms with Crippen LogP contribution in [0, 0.1) is 5.92 Å². The topological polar surface area (TPSA) is 91.3 Å². The molecule has 1 fully saturated rings. The molecule has 110 valence electrons. The van der Waals surface area contributed by atoms with Crippen LogP contribution in [0.1, 0.15) is 18.4 Å². The molecular formula is C14H21N3O3. The van der Waals surface area contributed by atoms with Gasteiger partial charge in [-0.1, -0.05) is 5.16 Å². The molecule has 0 amide bonds. The van der Waals surface area contributed by atoms with Gasteiger partial charge in [0.1, 0.15) is 5.75 Å². The van der Waals surface area contributed by atoms with Gasteiger partial charge in [0, 0.05) is 25.2 Å². The molecule has 0 bridgehead atoms. The largest absolute Gasteiger partial charge is 0.497 e. The lowest BCUT2D eigenvalue weighted by Crippen LogP contribution is -2.37. The molecule has 6 heteroatoms. The molecule has 1 aliphatic carbocycles. The Labute approximate surface area is 118 Å². The minimum absolute atomic E-state index is 0.0724. The molecule has 1 saturated carbocycles. The first kappa shape index (κ1) is 14.5. The number of oxime groups is 1. The van der Waals surface area contributed by atoms with Crippen molar-refractivity contribution in [3.05, 3.63) is 23.8 Å². The zero-order valence-corrected chi connectivity index (χ0v) is 11.8. The minimum atomic E-state index is -0.165. The molecule has 6 nitrogen and oxygen atoms in total. The van der Waals surface area contributed by atoms with Crippen LogP contribution >= 0.6 is 0 Å². The SMILES string of the molecule is COc1ccc(/C(N)=N/O)c(N(C)CC2CC(O)C2)c1. The average molecular weight is 279 g/mol. The number of aliphatic hydroxyl groups excluding tert-OH is 1. The molecule has 1 aliphatic rings. The quantitative estimate of drug-likeness (QED) is 0.324. The number of hydrogen-bond acceptors (Lipinski definition) is 5. The number of amidine groups is 1. The molecule has 0 atom stereocenters. The van der Waals surface area contributed by atoms with Crippen molar-refractivity contribution in [2.45, 2.75) is 18.9 Å². The third-order valence-corrected chi connectivity index (χ3v) is 3.74. The third-order valence-electron chi connectivity index (χ3n) is 3.74. The van der Waals surface area contributed by atoms with Gasteiger partial charge in [0.05, 0.1) is 18.9 Å². The van der Waals surface area contributed by atoms with E-state index in [0.717, 1.165) is 30.8 Å². The van der Waals surface area contributed by atoms with E-state index in [1.165, 1.54) is 0 Å². The Morgan fingerprint density at radius 1 is 1.50 bits per heavy atom. The predicted octanol–water partition coefficient (Wildman–Crippen LogP) is 0.997. The summed E-state index contributed by atoms with van der Waals surface area (Å²) in [6, 6.07) is 5.41. The Hall–Kier alpha value is -1.95. The summed E-state index contributed by atoms with van der Waals surface area (Å²) < 4.78 is 5.23. The smallest absolute Gasteiger partial charge is 0.172 e. The maximum Gasteiger partial charge on any atom is 0.172 e. The molecule has 0 aromatic heterocycles. The van der Waals surface area contributed by atoms with E-state index in [2.05, 4.69) is 5.16 Å². The number of aliphatic hydroxyl groups is 1. The normalized spacial score (nSPS) is 22.2. The number of anilines is 1. The van der Waals surface area contributed by atoms with Crippen LogP contribution in [-0.2, 0) is 0 Å². The van der Waals surface area contributed by atoms with E-state index >= 15 is 0 Å². The van der Waals surface area contributed by atoms with Gasteiger partial charge < -0.3 is 25.7 Å². The van der Waals surface area contributed by atoms with Crippen LogP contribution in [0.4, 0.5) is 5.69 Å². The van der Waals surface area contributed by atoms with Gasteiger partial charge in [-0.2, -0.15) is 0 Å². The Morgan fingerprint density at radius 2 is 2.20 bits per heavy atom. The van der Waals surface area contributed by atoms with Crippen molar-refractivity contribution in [1.82, 2.24) is 0 Å². The zero-order chi connectivity index (χ0) is 14.7. The van der Waals surface area contributed by atoms with Crippen molar-refractivity contribution in [1.29, 1.82) is 0 Å². The second-order valence-corrected chi connectivity index (χ2v) is 5.24. The molecule has 1 aromatic carbocycles. The first-order chi connectivity index (χ1) is 9.55. The lowest BCUT2D eigenvalue weighted by atomic mass is 9.82. The van der Waals surface area contributed by atoms with E-state index < -0.39 is 0 Å². The molecule has 0 saturated heterocycles. The standard InChI is InChI=1S/C14H21N3O3/c1-17(8-9-5-10(18)6-9)13-7-11(20-2)3-4-12(13)14(15)16-19/h3-4,7,9-10,18-19H,5-6,8H2,1-2H3,(H2,15,16). The number of hydrogen-bond donors (Lipinski definition) is 3. The summed E-state index contributed by atoms with van der Waals surface area (Å²) in [7, 11) is 3.55. The monoisotopic (exact) mass is 279 g/mol. The maximum absolute atomic E-state index is 9.35. The van der Waals surface area contributed by atoms with Crippen LogP contribution < -0.4 is 15.4 Å². The van der Waals surface area contributed by atoms with E-state index in [1.54, 1.807) is 19.2 Å². The van der Waals surface area contributed by atoms with Gasteiger partial charge in [0.15, 0.2) is 5.84 Å². The van der Waals surface area contributed by atoms with Gasteiger partial charge in [-0.25, -0.2) is 0 Å². The predicted molar refractivity (Wildman–Crippen MR) is 77.5 cm³/mol. The Morgan fingerprint density at radius 3 is 2.75 bits per heavy atom. The van der Waals surface area contributed by atoms with Crippen molar-refractivity contribution in [2.24, 2.45) is 16.8 Å². The molecule has 0 radical (unpaired) electrons. The molecule has 0 heterocycles. The lowest BCUT2D eigenvalue weighted by Gasteiger charge is -2.35. The fourth-order valence-corrected chi connectivity index (χ4v) is 2.56. The average Bonchev–Trinajstić information content (AvgIpc) is 2.44. The summed E-state index contributed by atoms with van der Waals surface area (Å²) in [5.74, 6) is 1.26. The highest BCUT2D eigenvalue weighted by atomic mass is 16.5. The van der Waals surface area contributed by atoms with Gasteiger partial charge in [0.2, 0.25) is 0 Å². The lowest BCUT2D eigenvalue weighted by molar-refractivity contribution is 0.0465. The third kappa shape index (κ3) is 2.96. The summed E-state index contributed by atoms with van der Waals surface area (Å²) in [6.07, 6.45) is 1.49. The highest BCUT2D eigenvalue weighted by Crippen LogP contribution is 2.31. The van der Waals surface area contributed by atoms with E-state index in [1.807, 2.05) is 18.0 Å². The van der Waals surface area contributed by atoms with Gasteiger partial charge in [-0.15, -0.1) is 0 Å². The summed E-state index contributed by atoms with van der Waals surface area (Å²) >= 11 is 0.